The van der Waals surface area contributed by atoms with Crippen LogP contribution in [0.25, 0.3) is 0 Å². The van der Waals surface area contributed by atoms with Gasteiger partial charge in [0.25, 0.3) is 0 Å². The minimum atomic E-state index is -0.513. The molecule has 1 N–H and O–H groups in total. The molecule has 0 aliphatic rings. The second-order valence-electron chi connectivity index (χ2n) is 4.99. The van der Waals surface area contributed by atoms with E-state index >= 15 is 0 Å². The zero-order chi connectivity index (χ0) is 14.0. The lowest BCUT2D eigenvalue weighted by Gasteiger charge is -2.28. The van der Waals surface area contributed by atoms with Gasteiger partial charge < -0.3 is 9.47 Å². The molecule has 18 heavy (non-hydrogen) atoms. The molecule has 0 aliphatic heterocycles. The highest BCUT2D eigenvalue weighted by Gasteiger charge is 2.26. The van der Waals surface area contributed by atoms with Gasteiger partial charge in [-0.25, -0.2) is 0 Å². The first-order valence-electron chi connectivity index (χ1n) is 6.86. The van der Waals surface area contributed by atoms with Crippen molar-refractivity contribution >= 4 is 0 Å². The van der Waals surface area contributed by atoms with Gasteiger partial charge in [-0.3, -0.25) is 5.32 Å². The molecule has 106 valence electrons. The van der Waals surface area contributed by atoms with Gasteiger partial charge in [0, 0.05) is 13.0 Å². The molecule has 0 aromatic rings. The summed E-state index contributed by atoms with van der Waals surface area (Å²) in [6, 6.07) is 2.34. The van der Waals surface area contributed by atoms with Gasteiger partial charge in [0.15, 0.2) is 0 Å². The van der Waals surface area contributed by atoms with E-state index in [1.54, 1.807) is 0 Å². The Morgan fingerprint density at radius 3 is 2.44 bits per heavy atom. The third kappa shape index (κ3) is 7.65. The highest BCUT2D eigenvalue weighted by Crippen LogP contribution is 2.15. The fourth-order valence-corrected chi connectivity index (χ4v) is 1.90. The van der Waals surface area contributed by atoms with Crippen molar-refractivity contribution in [3.8, 4) is 6.07 Å². The van der Waals surface area contributed by atoms with Crippen LogP contribution in [-0.2, 0) is 9.47 Å². The molecule has 0 aromatic carbocycles. The topological polar surface area (TPSA) is 54.3 Å². The van der Waals surface area contributed by atoms with Crippen LogP contribution in [0.2, 0.25) is 0 Å². The quantitative estimate of drug-likeness (QED) is 0.652. The monoisotopic (exact) mass is 256 g/mol. The van der Waals surface area contributed by atoms with E-state index in [1.807, 2.05) is 27.7 Å². The molecule has 4 heteroatoms. The van der Waals surface area contributed by atoms with Crippen LogP contribution in [0.1, 0.15) is 47.5 Å². The summed E-state index contributed by atoms with van der Waals surface area (Å²) in [7, 11) is 0. The summed E-state index contributed by atoms with van der Waals surface area (Å²) < 4.78 is 11.1. The third-order valence-corrected chi connectivity index (χ3v) is 2.73. The Kier molecular flexibility index (Phi) is 8.99. The van der Waals surface area contributed by atoms with Crippen LogP contribution < -0.4 is 5.32 Å². The van der Waals surface area contributed by atoms with Crippen molar-refractivity contribution < 1.29 is 9.47 Å². The second-order valence-corrected chi connectivity index (χ2v) is 4.99. The van der Waals surface area contributed by atoms with Gasteiger partial charge in [-0.1, -0.05) is 6.92 Å². The standard InChI is InChI=1S/C14H28N2O2/c1-6-8-16-14(5,11-15)9-12(3)18-13(4)10-17-7-2/h12-13,16H,6-10H2,1-5H3. The molecule has 0 spiro atoms. The smallest absolute Gasteiger partial charge is 0.106 e. The van der Waals surface area contributed by atoms with Gasteiger partial charge in [-0.05, 0) is 40.7 Å². The molecule has 4 nitrogen and oxygen atoms in total. The number of rotatable bonds is 10. The molecule has 0 bridgehead atoms. The number of hydrogen-bond donors (Lipinski definition) is 1. The molecule has 3 atom stereocenters. The van der Waals surface area contributed by atoms with E-state index in [1.165, 1.54) is 0 Å². The lowest BCUT2D eigenvalue weighted by Crippen LogP contribution is -2.44. The predicted molar refractivity (Wildman–Crippen MR) is 73.4 cm³/mol. The summed E-state index contributed by atoms with van der Waals surface area (Å²) in [6.45, 7) is 12.1. The Morgan fingerprint density at radius 2 is 1.94 bits per heavy atom. The van der Waals surface area contributed by atoms with Gasteiger partial charge in [0.05, 0.1) is 24.9 Å². The molecular formula is C14H28N2O2. The Hall–Kier alpha value is -0.630. The molecular weight excluding hydrogens is 228 g/mol. The number of nitrogens with zero attached hydrogens (tertiary/aromatic N) is 1. The van der Waals surface area contributed by atoms with Crippen LogP contribution in [0.5, 0.6) is 0 Å². The van der Waals surface area contributed by atoms with Crippen LogP contribution >= 0.6 is 0 Å². The number of nitriles is 1. The summed E-state index contributed by atoms with van der Waals surface area (Å²) in [6.07, 6.45) is 1.80. The molecule has 0 radical (unpaired) electrons. The van der Waals surface area contributed by atoms with Gasteiger partial charge in [0.1, 0.15) is 5.54 Å². The third-order valence-electron chi connectivity index (χ3n) is 2.73. The van der Waals surface area contributed by atoms with E-state index in [0.717, 1.165) is 13.0 Å². The molecule has 0 saturated carbocycles. The predicted octanol–water partition coefficient (Wildman–Crippen LogP) is 2.49. The van der Waals surface area contributed by atoms with Gasteiger partial charge in [-0.2, -0.15) is 5.26 Å². The summed E-state index contributed by atoms with van der Waals surface area (Å²) in [5, 5.41) is 12.5. The van der Waals surface area contributed by atoms with Crippen molar-refractivity contribution in [1.29, 1.82) is 5.26 Å². The zero-order valence-corrected chi connectivity index (χ0v) is 12.5. The highest BCUT2D eigenvalue weighted by atomic mass is 16.5. The van der Waals surface area contributed by atoms with Crippen LogP contribution in [0.3, 0.4) is 0 Å². The minimum absolute atomic E-state index is 0.0365. The molecule has 0 saturated heterocycles. The van der Waals surface area contributed by atoms with Crippen molar-refractivity contribution in [3.63, 3.8) is 0 Å². The highest BCUT2D eigenvalue weighted by molar-refractivity contribution is 5.04. The van der Waals surface area contributed by atoms with Gasteiger partial charge in [-0.15, -0.1) is 0 Å². The van der Waals surface area contributed by atoms with Crippen molar-refractivity contribution in [3.05, 3.63) is 0 Å². The molecule has 0 heterocycles. The lowest BCUT2D eigenvalue weighted by molar-refractivity contribution is -0.0470. The maximum absolute atomic E-state index is 9.24. The largest absolute Gasteiger partial charge is 0.379 e. The fourth-order valence-electron chi connectivity index (χ4n) is 1.90. The van der Waals surface area contributed by atoms with Crippen molar-refractivity contribution in [1.82, 2.24) is 5.32 Å². The average molecular weight is 256 g/mol. The Balaban J connectivity index is 4.10. The van der Waals surface area contributed by atoms with Gasteiger partial charge in [0.2, 0.25) is 0 Å². The molecule has 0 rings (SSSR count). The average Bonchev–Trinajstić information content (AvgIpc) is 2.33. The molecule has 0 aromatic heterocycles. The first-order chi connectivity index (χ1) is 8.47. The van der Waals surface area contributed by atoms with Gasteiger partial charge >= 0.3 is 0 Å². The molecule has 0 amide bonds. The van der Waals surface area contributed by atoms with Crippen LogP contribution in [0.15, 0.2) is 0 Å². The Bertz CT molecular complexity index is 253. The summed E-state index contributed by atoms with van der Waals surface area (Å²) in [4.78, 5) is 0. The first-order valence-corrected chi connectivity index (χ1v) is 6.86. The SMILES string of the molecule is CCCNC(C)(C#N)CC(C)OC(C)COCC. The van der Waals surface area contributed by atoms with Crippen LogP contribution in [-0.4, -0.2) is 37.5 Å². The maximum Gasteiger partial charge on any atom is 0.106 e. The van der Waals surface area contributed by atoms with Crippen molar-refractivity contribution in [2.24, 2.45) is 0 Å². The maximum atomic E-state index is 9.24. The Labute approximate surface area is 112 Å². The van der Waals surface area contributed by atoms with E-state index in [0.29, 0.717) is 19.6 Å². The minimum Gasteiger partial charge on any atom is -0.379 e. The number of nitrogens with one attached hydrogen (secondary N) is 1. The van der Waals surface area contributed by atoms with E-state index < -0.39 is 5.54 Å². The zero-order valence-electron chi connectivity index (χ0n) is 12.5. The van der Waals surface area contributed by atoms with E-state index in [4.69, 9.17) is 9.47 Å². The lowest BCUT2D eigenvalue weighted by atomic mass is 9.96. The molecule has 3 unspecified atom stereocenters. The normalized spacial score (nSPS) is 17.8. The first kappa shape index (κ1) is 17.4. The summed E-state index contributed by atoms with van der Waals surface area (Å²) >= 11 is 0. The van der Waals surface area contributed by atoms with Crippen molar-refractivity contribution in [2.45, 2.75) is 65.2 Å². The molecule has 0 fully saturated rings. The molecule has 0 aliphatic carbocycles. The fraction of sp³-hybridized carbons (Fsp3) is 0.929. The summed E-state index contributed by atoms with van der Waals surface area (Å²) in [5.74, 6) is 0. The number of ether oxygens (including phenoxy) is 2. The number of hydrogen-bond acceptors (Lipinski definition) is 4. The van der Waals surface area contributed by atoms with E-state index in [2.05, 4.69) is 18.3 Å². The van der Waals surface area contributed by atoms with E-state index in [-0.39, 0.29) is 12.2 Å². The van der Waals surface area contributed by atoms with E-state index in [9.17, 15) is 5.26 Å². The second kappa shape index (κ2) is 9.32. The Morgan fingerprint density at radius 1 is 1.28 bits per heavy atom. The van der Waals surface area contributed by atoms with Crippen LogP contribution in [0.4, 0.5) is 0 Å². The summed E-state index contributed by atoms with van der Waals surface area (Å²) in [5.41, 5.74) is -0.513. The van der Waals surface area contributed by atoms with Crippen LogP contribution in [0, 0.1) is 11.3 Å². The van der Waals surface area contributed by atoms with Crippen molar-refractivity contribution in [2.75, 3.05) is 19.8 Å².